The number of carbonyl (C=O) groups excluding carboxylic acids is 2. The fraction of sp³-hybridized carbons (Fsp3) is 0.357. The smallest absolute Gasteiger partial charge is 0.416 e. The molecule has 1 fully saturated rings. The number of alkyl halides is 3. The second kappa shape index (κ2) is 11.6. The molecule has 2 amide bonds. The van der Waals surface area contributed by atoms with E-state index in [0.29, 0.717) is 29.7 Å². The highest BCUT2D eigenvalue weighted by molar-refractivity contribution is 6.02. The van der Waals surface area contributed by atoms with Crippen LogP contribution < -0.4 is 15.5 Å². The lowest BCUT2D eigenvalue weighted by Gasteiger charge is -2.36. The lowest BCUT2D eigenvalue weighted by Crippen LogP contribution is -2.37. The van der Waals surface area contributed by atoms with E-state index in [0.717, 1.165) is 43.5 Å². The molecule has 38 heavy (non-hydrogen) atoms. The molecule has 0 atom stereocenters. The summed E-state index contributed by atoms with van der Waals surface area (Å²) in [6, 6.07) is 13.0. The van der Waals surface area contributed by atoms with Gasteiger partial charge in [-0.1, -0.05) is 25.3 Å². The number of hydrogen-bond donors (Lipinski definition) is 2. The van der Waals surface area contributed by atoms with Crippen LogP contribution in [0.3, 0.4) is 0 Å². The first kappa shape index (κ1) is 27.1. The maximum Gasteiger partial charge on any atom is 0.416 e. The van der Waals surface area contributed by atoms with Gasteiger partial charge in [-0.15, -0.1) is 0 Å². The number of methoxy groups -OCH3 is 1. The van der Waals surface area contributed by atoms with Crippen molar-refractivity contribution in [1.29, 1.82) is 0 Å². The second-order valence-electron chi connectivity index (χ2n) is 9.19. The molecule has 0 unspecified atom stereocenters. The van der Waals surface area contributed by atoms with E-state index in [-0.39, 0.29) is 5.69 Å². The molecular weight excluding hydrogens is 497 g/mol. The summed E-state index contributed by atoms with van der Waals surface area (Å²) in [6.45, 7) is 2.77. The predicted octanol–water partition coefficient (Wildman–Crippen LogP) is 7.09. The molecule has 1 aliphatic rings. The maximum absolute atomic E-state index is 13.1. The highest BCUT2D eigenvalue weighted by Crippen LogP contribution is 2.35. The summed E-state index contributed by atoms with van der Waals surface area (Å²) in [5.74, 6) is -0.506. The molecule has 1 aliphatic carbocycles. The molecule has 1 saturated carbocycles. The highest BCUT2D eigenvalue weighted by Gasteiger charge is 2.30. The van der Waals surface area contributed by atoms with Gasteiger partial charge in [-0.25, -0.2) is 9.59 Å². The van der Waals surface area contributed by atoms with Gasteiger partial charge in [-0.3, -0.25) is 0 Å². The van der Waals surface area contributed by atoms with Gasteiger partial charge >= 0.3 is 18.2 Å². The molecule has 202 valence electrons. The minimum absolute atomic E-state index is 0.0213. The van der Waals surface area contributed by atoms with Crippen molar-refractivity contribution in [1.82, 2.24) is 4.57 Å². The fourth-order valence-electron chi connectivity index (χ4n) is 4.98. The molecule has 0 radical (unpaired) electrons. The summed E-state index contributed by atoms with van der Waals surface area (Å²) >= 11 is 0. The number of nitrogens with zero attached hydrogens (tertiary/aromatic N) is 2. The van der Waals surface area contributed by atoms with Gasteiger partial charge < -0.3 is 24.8 Å². The van der Waals surface area contributed by atoms with Crippen molar-refractivity contribution in [2.75, 3.05) is 29.2 Å². The summed E-state index contributed by atoms with van der Waals surface area (Å²) in [7, 11) is 1.30. The summed E-state index contributed by atoms with van der Waals surface area (Å²) in [5.41, 5.74) is 1.38. The van der Waals surface area contributed by atoms with E-state index in [1.165, 1.54) is 25.7 Å². The van der Waals surface area contributed by atoms with Crippen molar-refractivity contribution >= 4 is 29.1 Å². The van der Waals surface area contributed by atoms with Gasteiger partial charge in [0.15, 0.2) is 0 Å². The standard InChI is InChI=1S/C28H31F3N4O3/c1-3-34(21-11-5-4-6-12-21)24-15-14-22(35-16-8-13-25(35)26(36)38-2)18-23(24)33-27(37)32-20-10-7-9-19(17-20)28(29,30)31/h7-10,13-18,21H,3-6,11-12H2,1-2H3,(H2,32,33,37). The molecular formula is C28H31F3N4O3. The number of anilines is 3. The molecule has 0 spiro atoms. The van der Waals surface area contributed by atoms with E-state index in [9.17, 15) is 22.8 Å². The summed E-state index contributed by atoms with van der Waals surface area (Å²) in [6.07, 6.45) is 2.72. The van der Waals surface area contributed by atoms with Crippen molar-refractivity contribution in [3.8, 4) is 5.69 Å². The minimum atomic E-state index is -4.52. The molecule has 3 aromatic rings. The molecule has 0 bridgehead atoms. The van der Waals surface area contributed by atoms with Crippen molar-refractivity contribution in [2.45, 2.75) is 51.2 Å². The lowest BCUT2D eigenvalue weighted by atomic mass is 9.93. The van der Waals surface area contributed by atoms with E-state index in [1.54, 1.807) is 29.0 Å². The van der Waals surface area contributed by atoms with E-state index >= 15 is 0 Å². The Morgan fingerprint density at radius 3 is 2.47 bits per heavy atom. The third kappa shape index (κ3) is 6.12. The van der Waals surface area contributed by atoms with Gasteiger partial charge in [0.25, 0.3) is 0 Å². The normalized spacial score (nSPS) is 14.1. The summed E-state index contributed by atoms with van der Waals surface area (Å²) < 4.78 is 45.9. The van der Waals surface area contributed by atoms with Crippen LogP contribution in [0.4, 0.5) is 35.0 Å². The van der Waals surface area contributed by atoms with Crippen LogP contribution in [0.1, 0.15) is 55.1 Å². The molecule has 2 N–H and O–H groups in total. The average molecular weight is 529 g/mol. The van der Waals surface area contributed by atoms with Crippen LogP contribution in [-0.2, 0) is 10.9 Å². The first-order valence-electron chi connectivity index (χ1n) is 12.6. The molecule has 1 heterocycles. The first-order valence-corrected chi connectivity index (χ1v) is 12.6. The number of nitrogens with one attached hydrogen (secondary N) is 2. The van der Waals surface area contributed by atoms with Gasteiger partial charge in [0, 0.05) is 30.2 Å². The Bertz CT molecular complexity index is 1280. The number of benzene rings is 2. The number of ether oxygens (including phenoxy) is 1. The summed E-state index contributed by atoms with van der Waals surface area (Å²) in [5, 5.41) is 5.34. The summed E-state index contributed by atoms with van der Waals surface area (Å²) in [4.78, 5) is 27.5. The van der Waals surface area contributed by atoms with Crippen LogP contribution in [0, 0.1) is 0 Å². The Morgan fingerprint density at radius 2 is 1.79 bits per heavy atom. The number of halogens is 3. The Balaban J connectivity index is 1.68. The van der Waals surface area contributed by atoms with Gasteiger partial charge in [-0.2, -0.15) is 13.2 Å². The molecule has 7 nitrogen and oxygen atoms in total. The molecule has 2 aromatic carbocycles. The largest absolute Gasteiger partial charge is 0.464 e. The molecule has 0 aliphatic heterocycles. The molecule has 1 aromatic heterocycles. The molecule has 4 rings (SSSR count). The lowest BCUT2D eigenvalue weighted by molar-refractivity contribution is -0.137. The van der Waals surface area contributed by atoms with Gasteiger partial charge in [0.1, 0.15) is 5.69 Å². The first-order chi connectivity index (χ1) is 18.2. The van der Waals surface area contributed by atoms with Gasteiger partial charge in [0.05, 0.1) is 24.0 Å². The third-order valence-electron chi connectivity index (χ3n) is 6.76. The van der Waals surface area contributed by atoms with Crippen LogP contribution in [0.15, 0.2) is 60.8 Å². The fourth-order valence-corrected chi connectivity index (χ4v) is 4.98. The van der Waals surface area contributed by atoms with E-state index in [2.05, 4.69) is 22.5 Å². The number of amides is 2. The second-order valence-corrected chi connectivity index (χ2v) is 9.19. The number of urea groups is 1. The van der Waals surface area contributed by atoms with E-state index < -0.39 is 23.7 Å². The zero-order valence-corrected chi connectivity index (χ0v) is 21.3. The van der Waals surface area contributed by atoms with Crippen molar-refractivity contribution in [2.24, 2.45) is 0 Å². The van der Waals surface area contributed by atoms with E-state index in [1.807, 2.05) is 12.1 Å². The molecule has 10 heteroatoms. The zero-order chi connectivity index (χ0) is 27.3. The highest BCUT2D eigenvalue weighted by atomic mass is 19.4. The maximum atomic E-state index is 13.1. The van der Waals surface area contributed by atoms with Crippen LogP contribution >= 0.6 is 0 Å². The number of rotatable bonds is 7. The Hall–Kier alpha value is -3.95. The number of carbonyl (C=O) groups is 2. The van der Waals surface area contributed by atoms with Crippen LogP contribution in [0.5, 0.6) is 0 Å². The van der Waals surface area contributed by atoms with Crippen LogP contribution in [0.25, 0.3) is 5.69 Å². The SMILES string of the molecule is CCN(c1ccc(-n2cccc2C(=O)OC)cc1NC(=O)Nc1cccc(C(F)(F)F)c1)C1CCCCC1. The topological polar surface area (TPSA) is 75.6 Å². The minimum Gasteiger partial charge on any atom is -0.464 e. The number of aromatic nitrogens is 1. The number of esters is 1. The van der Waals surface area contributed by atoms with Gasteiger partial charge in [0.2, 0.25) is 0 Å². The van der Waals surface area contributed by atoms with E-state index in [4.69, 9.17) is 4.74 Å². The van der Waals surface area contributed by atoms with Crippen LogP contribution in [-0.4, -0.2) is 36.3 Å². The van der Waals surface area contributed by atoms with Crippen molar-refractivity contribution < 1.29 is 27.5 Å². The van der Waals surface area contributed by atoms with Crippen molar-refractivity contribution in [3.05, 3.63) is 72.1 Å². The number of hydrogen-bond acceptors (Lipinski definition) is 4. The molecule has 0 saturated heterocycles. The predicted molar refractivity (Wildman–Crippen MR) is 141 cm³/mol. The average Bonchev–Trinajstić information content (AvgIpc) is 3.40. The van der Waals surface area contributed by atoms with Crippen LogP contribution in [0.2, 0.25) is 0 Å². The zero-order valence-electron chi connectivity index (χ0n) is 21.3. The van der Waals surface area contributed by atoms with Gasteiger partial charge in [-0.05, 0) is 68.3 Å². The Morgan fingerprint density at radius 1 is 1.03 bits per heavy atom. The monoisotopic (exact) mass is 528 g/mol. The van der Waals surface area contributed by atoms with Crippen molar-refractivity contribution in [3.63, 3.8) is 0 Å². The Labute approximate surface area is 219 Å². The third-order valence-corrected chi connectivity index (χ3v) is 6.76. The quantitative estimate of drug-likeness (QED) is 0.321. The Kier molecular flexibility index (Phi) is 8.29.